The average Bonchev–Trinajstić information content (AvgIpc) is 3.43. The number of aryl methyl sites for hydroxylation is 2. The molecule has 2 atom stereocenters. The number of pyridine rings is 1. The maximum absolute atomic E-state index is 15.1. The molecular formula is C31H42FN3O5. The van der Waals surface area contributed by atoms with Crippen molar-refractivity contribution in [2.45, 2.75) is 75.9 Å². The molecule has 8 nitrogen and oxygen atoms in total. The second-order valence-electron chi connectivity index (χ2n) is 11.2. The molecule has 0 amide bonds. The fourth-order valence-corrected chi connectivity index (χ4v) is 6.28. The molecule has 2 fully saturated rings. The molecule has 5 rings (SSSR count). The number of rotatable bonds is 12. The van der Waals surface area contributed by atoms with Gasteiger partial charge >= 0.3 is 5.97 Å². The van der Waals surface area contributed by atoms with E-state index in [-0.39, 0.29) is 17.8 Å². The van der Waals surface area contributed by atoms with E-state index in [9.17, 15) is 9.90 Å². The number of methoxy groups -OCH3 is 1. The van der Waals surface area contributed by atoms with Gasteiger partial charge in [-0.15, -0.1) is 0 Å². The molecular weight excluding hydrogens is 513 g/mol. The summed E-state index contributed by atoms with van der Waals surface area (Å²) in [6, 6.07) is 6.68. The van der Waals surface area contributed by atoms with Crippen LogP contribution in [0.25, 0.3) is 0 Å². The second kappa shape index (κ2) is 13.7. The van der Waals surface area contributed by atoms with E-state index in [4.69, 9.17) is 19.2 Å². The molecule has 40 heavy (non-hydrogen) atoms. The zero-order chi connectivity index (χ0) is 27.9. The van der Waals surface area contributed by atoms with Crippen LogP contribution in [-0.4, -0.2) is 73.6 Å². The fourth-order valence-electron chi connectivity index (χ4n) is 6.28. The molecule has 3 aliphatic rings. The molecule has 1 unspecified atom stereocenters. The summed E-state index contributed by atoms with van der Waals surface area (Å²) in [5.74, 6) is -0.309. The van der Waals surface area contributed by atoms with E-state index < -0.39 is 17.8 Å². The minimum atomic E-state index is -1.01. The maximum Gasteiger partial charge on any atom is 0.325 e. The number of benzene rings is 1. The lowest BCUT2D eigenvalue weighted by Gasteiger charge is -2.28. The summed E-state index contributed by atoms with van der Waals surface area (Å²) >= 11 is 0. The van der Waals surface area contributed by atoms with Crippen LogP contribution in [0.4, 0.5) is 10.2 Å². The third-order valence-electron chi connectivity index (χ3n) is 8.44. The Hall–Kier alpha value is -2.75. The molecule has 0 aliphatic carbocycles. The summed E-state index contributed by atoms with van der Waals surface area (Å²) in [7, 11) is 1.39. The van der Waals surface area contributed by atoms with Crippen LogP contribution in [0.2, 0.25) is 0 Å². The highest BCUT2D eigenvalue weighted by Gasteiger charge is 2.37. The normalized spacial score (nSPS) is 20.6. The first kappa shape index (κ1) is 28.8. The number of carboxylic acid groups (broad SMARTS) is 1. The Labute approximate surface area is 236 Å². The molecule has 3 aliphatic heterocycles. The molecule has 218 valence electrons. The van der Waals surface area contributed by atoms with Crippen molar-refractivity contribution >= 4 is 11.8 Å². The van der Waals surface area contributed by atoms with Crippen LogP contribution in [0.3, 0.4) is 0 Å². The lowest BCUT2D eigenvalue weighted by molar-refractivity contribution is -0.143. The standard InChI is InChI=1S/C31H42FN3O5/c1-38-29-26(18-23(19-27(29)32)21-11-16-39-17-12-21)28(31(36)37)35-14-10-25(20-35)40-15-4-2-3-7-24-9-8-22-6-5-13-33-30(22)34-24/h8-9,18-19,21,25,28H,2-7,10-17,20H2,1H3,(H,33,34)(H,36,37)/t25-,28?/m1/s1. The third-order valence-corrected chi connectivity index (χ3v) is 8.44. The summed E-state index contributed by atoms with van der Waals surface area (Å²) in [6.07, 6.45) is 8.59. The number of aromatic nitrogens is 1. The number of unbranched alkanes of at least 4 members (excludes halogenated alkanes) is 2. The van der Waals surface area contributed by atoms with Gasteiger partial charge in [-0.3, -0.25) is 9.69 Å². The van der Waals surface area contributed by atoms with Crippen LogP contribution < -0.4 is 10.1 Å². The van der Waals surface area contributed by atoms with E-state index >= 15 is 4.39 Å². The lowest BCUT2D eigenvalue weighted by atomic mass is 9.89. The van der Waals surface area contributed by atoms with Crippen molar-refractivity contribution in [2.75, 3.05) is 51.9 Å². The Kier molecular flexibility index (Phi) is 9.88. The number of nitrogens with zero attached hydrogens (tertiary/aromatic N) is 2. The first-order valence-electron chi connectivity index (χ1n) is 14.8. The fraction of sp³-hybridized carbons (Fsp3) is 0.613. The molecule has 0 spiro atoms. The monoisotopic (exact) mass is 555 g/mol. The first-order chi connectivity index (χ1) is 19.5. The Morgan fingerprint density at radius 3 is 2.88 bits per heavy atom. The number of ether oxygens (including phenoxy) is 3. The van der Waals surface area contributed by atoms with Gasteiger partial charge in [0, 0.05) is 50.7 Å². The van der Waals surface area contributed by atoms with Gasteiger partial charge in [0.1, 0.15) is 11.9 Å². The quantitative estimate of drug-likeness (QED) is 0.349. The Balaban J connectivity index is 1.12. The van der Waals surface area contributed by atoms with Gasteiger partial charge in [0.2, 0.25) is 0 Å². The van der Waals surface area contributed by atoms with Crippen LogP contribution in [0.5, 0.6) is 5.75 Å². The van der Waals surface area contributed by atoms with Gasteiger partial charge in [-0.05, 0) is 86.6 Å². The van der Waals surface area contributed by atoms with Crippen molar-refractivity contribution in [3.8, 4) is 5.75 Å². The van der Waals surface area contributed by atoms with Crippen LogP contribution >= 0.6 is 0 Å². The van der Waals surface area contributed by atoms with Crippen molar-refractivity contribution in [3.05, 3.63) is 52.5 Å². The van der Waals surface area contributed by atoms with Crippen molar-refractivity contribution in [3.63, 3.8) is 0 Å². The van der Waals surface area contributed by atoms with Gasteiger partial charge in [0.25, 0.3) is 0 Å². The largest absolute Gasteiger partial charge is 0.493 e. The topological polar surface area (TPSA) is 93.2 Å². The maximum atomic E-state index is 15.1. The minimum absolute atomic E-state index is 0.0109. The van der Waals surface area contributed by atoms with E-state index in [2.05, 4.69) is 17.4 Å². The average molecular weight is 556 g/mol. The Morgan fingerprint density at radius 2 is 2.08 bits per heavy atom. The van der Waals surface area contributed by atoms with E-state index in [1.807, 2.05) is 11.0 Å². The second-order valence-corrected chi connectivity index (χ2v) is 11.2. The number of nitrogens with one attached hydrogen (secondary N) is 1. The van der Waals surface area contributed by atoms with E-state index in [0.29, 0.717) is 38.5 Å². The zero-order valence-electron chi connectivity index (χ0n) is 23.5. The molecule has 9 heteroatoms. The summed E-state index contributed by atoms with van der Waals surface area (Å²) in [5, 5.41) is 13.6. The third kappa shape index (κ3) is 6.93. The van der Waals surface area contributed by atoms with Gasteiger partial charge in [0.05, 0.1) is 13.2 Å². The van der Waals surface area contributed by atoms with Gasteiger partial charge in [0.15, 0.2) is 11.6 Å². The van der Waals surface area contributed by atoms with Crippen molar-refractivity contribution in [2.24, 2.45) is 0 Å². The number of halogens is 1. The van der Waals surface area contributed by atoms with Gasteiger partial charge < -0.3 is 24.6 Å². The smallest absolute Gasteiger partial charge is 0.325 e. The van der Waals surface area contributed by atoms with E-state index in [0.717, 1.165) is 75.0 Å². The zero-order valence-corrected chi connectivity index (χ0v) is 23.5. The molecule has 2 aromatic rings. The summed E-state index contributed by atoms with van der Waals surface area (Å²) in [6.45, 7) is 3.97. The van der Waals surface area contributed by atoms with Crippen molar-refractivity contribution in [1.29, 1.82) is 0 Å². The van der Waals surface area contributed by atoms with Crippen LogP contribution in [0, 0.1) is 5.82 Å². The number of carbonyl (C=O) groups is 1. The Morgan fingerprint density at radius 1 is 1.23 bits per heavy atom. The van der Waals surface area contributed by atoms with Crippen LogP contribution in [0.15, 0.2) is 24.3 Å². The number of anilines is 1. The molecule has 4 heterocycles. The lowest BCUT2D eigenvalue weighted by Crippen LogP contribution is -2.34. The molecule has 2 saturated heterocycles. The highest BCUT2D eigenvalue weighted by Crippen LogP contribution is 2.38. The van der Waals surface area contributed by atoms with Gasteiger partial charge in [-0.25, -0.2) is 9.37 Å². The number of likely N-dealkylation sites (tertiary alicyclic amines) is 1. The molecule has 1 aromatic heterocycles. The SMILES string of the molecule is COc1c(F)cc(C2CCOCC2)cc1C(C(=O)O)N1CC[C@@H](OCCCCCc2ccc3c(n2)NCCC3)C1. The predicted octanol–water partition coefficient (Wildman–Crippen LogP) is 5.11. The van der Waals surface area contributed by atoms with E-state index in [1.165, 1.54) is 25.2 Å². The highest BCUT2D eigenvalue weighted by molar-refractivity contribution is 5.77. The molecule has 1 aromatic carbocycles. The summed E-state index contributed by atoms with van der Waals surface area (Å²) in [5.41, 5.74) is 3.64. The number of hydrogen-bond acceptors (Lipinski definition) is 7. The molecule has 0 saturated carbocycles. The number of carboxylic acids is 1. The van der Waals surface area contributed by atoms with Crippen molar-refractivity contribution in [1.82, 2.24) is 9.88 Å². The number of hydrogen-bond donors (Lipinski definition) is 2. The van der Waals surface area contributed by atoms with Gasteiger partial charge in [-0.2, -0.15) is 0 Å². The molecule has 0 radical (unpaired) electrons. The first-order valence-corrected chi connectivity index (χ1v) is 14.8. The summed E-state index contributed by atoms with van der Waals surface area (Å²) < 4.78 is 32.1. The molecule has 2 N–H and O–H groups in total. The van der Waals surface area contributed by atoms with Gasteiger partial charge in [-0.1, -0.05) is 12.5 Å². The molecule has 0 bridgehead atoms. The van der Waals surface area contributed by atoms with Crippen LogP contribution in [-0.2, 0) is 27.1 Å². The number of fused-ring (bicyclic) bond motifs is 1. The van der Waals surface area contributed by atoms with Crippen LogP contribution in [0.1, 0.15) is 79.3 Å². The minimum Gasteiger partial charge on any atom is -0.493 e. The summed E-state index contributed by atoms with van der Waals surface area (Å²) in [4.78, 5) is 19.2. The van der Waals surface area contributed by atoms with Crippen molar-refractivity contribution < 1.29 is 28.5 Å². The number of aliphatic carboxylic acids is 1. The predicted molar refractivity (Wildman–Crippen MR) is 151 cm³/mol. The van der Waals surface area contributed by atoms with E-state index in [1.54, 1.807) is 0 Å². The Bertz CT molecular complexity index is 1160. The highest BCUT2D eigenvalue weighted by atomic mass is 19.1.